The van der Waals surface area contributed by atoms with E-state index >= 15 is 0 Å². The van der Waals surface area contributed by atoms with Gasteiger partial charge in [0.25, 0.3) is 0 Å². The van der Waals surface area contributed by atoms with Gasteiger partial charge in [-0.3, -0.25) is 0 Å². The Kier molecular flexibility index (Phi) is 5.96. The molecule has 3 rings (SSSR count). The van der Waals surface area contributed by atoms with Gasteiger partial charge >= 0.3 is 0 Å². The third-order valence-corrected chi connectivity index (χ3v) is 13.3. The molecule has 1 fully saturated rings. The van der Waals surface area contributed by atoms with E-state index in [1.165, 1.54) is 0 Å². The number of nitrogens with two attached hydrogens (primary N) is 1. The zero-order chi connectivity index (χ0) is 20.1. The number of fused-ring (bicyclic) bond motifs is 1. The van der Waals surface area contributed by atoms with Crippen LogP contribution in [0.15, 0.2) is 15.0 Å². The van der Waals surface area contributed by atoms with Gasteiger partial charge in [-0.1, -0.05) is 32.5 Å². The second-order valence-corrected chi connectivity index (χ2v) is 16.9. The average Bonchev–Trinajstić information content (AvgIpc) is 3.00. The van der Waals surface area contributed by atoms with Gasteiger partial charge in [-0.2, -0.15) is 0 Å². The number of amidine groups is 1. The Hall–Kier alpha value is 0.0669. The molecule has 0 aromatic carbocycles. The van der Waals surface area contributed by atoms with E-state index in [9.17, 15) is 0 Å². The number of thiazole rings is 1. The topological polar surface area (TPSA) is 69.7 Å². The third kappa shape index (κ3) is 4.33. The summed E-state index contributed by atoms with van der Waals surface area (Å²) in [6.07, 6.45) is 0.891. The average molecular weight is 493 g/mol. The van der Waals surface area contributed by atoms with Crippen molar-refractivity contribution in [2.24, 2.45) is 16.6 Å². The smallest absolute Gasteiger partial charge is 0.192 e. The Bertz CT molecular complexity index is 736. The van der Waals surface area contributed by atoms with E-state index in [0.29, 0.717) is 24.3 Å². The molecule has 2 aliphatic rings. The molecular formula is C18H30BrN3O2S2Si. The van der Waals surface area contributed by atoms with Gasteiger partial charge in [0.15, 0.2) is 13.5 Å². The van der Waals surface area contributed by atoms with Gasteiger partial charge in [0.2, 0.25) is 0 Å². The maximum absolute atomic E-state index is 6.51. The summed E-state index contributed by atoms with van der Waals surface area (Å²) in [5.74, 6) is 1.26. The normalized spacial score (nSPS) is 32.1. The lowest BCUT2D eigenvalue weighted by atomic mass is 9.76. The van der Waals surface area contributed by atoms with Gasteiger partial charge < -0.3 is 14.9 Å². The molecule has 0 aliphatic carbocycles. The number of hydrogen-bond donors (Lipinski definition) is 1. The number of nitrogens with zero attached hydrogens (tertiary/aromatic N) is 2. The van der Waals surface area contributed by atoms with Crippen molar-refractivity contribution in [2.75, 3.05) is 19.0 Å². The lowest BCUT2D eigenvalue weighted by Crippen LogP contribution is -2.56. The molecular weight excluding hydrogens is 462 g/mol. The molecule has 0 bridgehead atoms. The van der Waals surface area contributed by atoms with E-state index in [1.807, 2.05) is 5.38 Å². The van der Waals surface area contributed by atoms with Crippen LogP contribution in [0.1, 0.15) is 39.1 Å². The second kappa shape index (κ2) is 7.39. The minimum atomic E-state index is -1.82. The highest BCUT2D eigenvalue weighted by molar-refractivity contribution is 9.10. The van der Waals surface area contributed by atoms with Crippen molar-refractivity contribution in [3.05, 3.63) is 15.0 Å². The molecule has 0 spiro atoms. The monoisotopic (exact) mass is 491 g/mol. The predicted molar refractivity (Wildman–Crippen MR) is 121 cm³/mol. The molecule has 0 amide bonds. The molecule has 0 saturated carbocycles. The summed E-state index contributed by atoms with van der Waals surface area (Å²) in [5.41, 5.74) is 5.33. The zero-order valence-corrected chi connectivity index (χ0v) is 21.2. The molecule has 27 heavy (non-hydrogen) atoms. The van der Waals surface area contributed by atoms with Crippen molar-refractivity contribution in [3.8, 4) is 0 Å². The van der Waals surface area contributed by atoms with Crippen LogP contribution in [-0.4, -0.2) is 43.0 Å². The van der Waals surface area contributed by atoms with Gasteiger partial charge in [-0.25, -0.2) is 9.98 Å². The van der Waals surface area contributed by atoms with Gasteiger partial charge in [-0.05, 0) is 47.4 Å². The van der Waals surface area contributed by atoms with E-state index in [-0.39, 0.29) is 10.6 Å². The largest absolute Gasteiger partial charge is 0.414 e. The molecule has 0 radical (unpaired) electrons. The number of thioether (sulfide) groups is 1. The van der Waals surface area contributed by atoms with Crippen LogP contribution >= 0.6 is 39.0 Å². The molecule has 9 heteroatoms. The highest BCUT2D eigenvalue weighted by atomic mass is 79.9. The number of rotatable bonds is 4. The van der Waals surface area contributed by atoms with Crippen molar-refractivity contribution in [1.82, 2.24) is 4.98 Å². The van der Waals surface area contributed by atoms with E-state index in [1.54, 1.807) is 23.1 Å². The molecule has 1 saturated heterocycles. The summed E-state index contributed by atoms with van der Waals surface area (Å²) in [4.78, 5) is 9.53. The van der Waals surface area contributed by atoms with Crippen LogP contribution in [0.5, 0.6) is 0 Å². The van der Waals surface area contributed by atoms with Crippen LogP contribution in [0, 0.1) is 5.92 Å². The van der Waals surface area contributed by atoms with E-state index < -0.39 is 13.9 Å². The minimum absolute atomic E-state index is 0.189. The molecule has 2 aliphatic heterocycles. The van der Waals surface area contributed by atoms with Gasteiger partial charge in [0.1, 0.15) is 15.1 Å². The lowest BCUT2D eigenvalue weighted by Gasteiger charge is -2.50. The molecule has 3 heterocycles. The summed E-state index contributed by atoms with van der Waals surface area (Å²) in [7, 11) is -1.82. The molecule has 1 aromatic heterocycles. The van der Waals surface area contributed by atoms with Crippen LogP contribution in [0.3, 0.4) is 0 Å². The van der Waals surface area contributed by atoms with Crippen molar-refractivity contribution < 1.29 is 9.16 Å². The molecule has 3 atom stereocenters. The summed E-state index contributed by atoms with van der Waals surface area (Å²) in [6, 6.07) is 0. The van der Waals surface area contributed by atoms with E-state index in [4.69, 9.17) is 19.9 Å². The molecule has 5 nitrogen and oxygen atoms in total. The summed E-state index contributed by atoms with van der Waals surface area (Å²) < 4.78 is 13.8. The van der Waals surface area contributed by atoms with Crippen molar-refractivity contribution in [1.29, 1.82) is 0 Å². The second-order valence-electron chi connectivity index (χ2n) is 9.35. The summed E-state index contributed by atoms with van der Waals surface area (Å²) >= 11 is 6.73. The fourth-order valence-electron chi connectivity index (χ4n) is 3.27. The minimum Gasteiger partial charge on any atom is -0.414 e. The Morgan fingerprint density at radius 2 is 2.15 bits per heavy atom. The zero-order valence-electron chi connectivity index (χ0n) is 17.0. The molecule has 1 aromatic rings. The van der Waals surface area contributed by atoms with Crippen LogP contribution in [0.4, 0.5) is 0 Å². The van der Waals surface area contributed by atoms with Crippen LogP contribution in [-0.2, 0) is 14.7 Å². The van der Waals surface area contributed by atoms with Crippen molar-refractivity contribution in [3.63, 3.8) is 0 Å². The molecule has 0 unspecified atom stereocenters. The Labute approximate surface area is 180 Å². The first-order valence-corrected chi connectivity index (χ1v) is 14.8. The number of aromatic nitrogens is 1. The SMILES string of the molecule is CC(C)(C)[Si](C)(C)OC[C@@]1(C)C[C@H]2CSC(N)=N[C@@]2(c2nc(Br)cs2)CO1. The van der Waals surface area contributed by atoms with Crippen LogP contribution < -0.4 is 5.73 Å². The van der Waals surface area contributed by atoms with Gasteiger partial charge in [0.05, 0.1) is 18.8 Å². The lowest BCUT2D eigenvalue weighted by molar-refractivity contribution is -0.139. The first-order valence-electron chi connectivity index (χ1n) is 9.24. The quantitative estimate of drug-likeness (QED) is 0.601. The first kappa shape index (κ1) is 21.8. The van der Waals surface area contributed by atoms with Crippen LogP contribution in [0.25, 0.3) is 0 Å². The Morgan fingerprint density at radius 1 is 1.44 bits per heavy atom. The van der Waals surface area contributed by atoms with Gasteiger partial charge in [-0.15, -0.1) is 11.3 Å². The fourth-order valence-corrected chi connectivity index (χ4v) is 6.83. The third-order valence-electron chi connectivity index (χ3n) is 6.13. The van der Waals surface area contributed by atoms with E-state index in [2.05, 4.69) is 61.7 Å². The van der Waals surface area contributed by atoms with E-state index in [0.717, 1.165) is 21.8 Å². The predicted octanol–water partition coefficient (Wildman–Crippen LogP) is 4.98. The highest BCUT2D eigenvalue weighted by Gasteiger charge is 2.53. The maximum atomic E-state index is 6.51. The van der Waals surface area contributed by atoms with Crippen molar-refractivity contribution in [2.45, 2.75) is 63.4 Å². The van der Waals surface area contributed by atoms with Crippen LogP contribution in [0.2, 0.25) is 18.1 Å². The number of hydrogen-bond acceptors (Lipinski definition) is 7. The highest BCUT2D eigenvalue weighted by Crippen LogP contribution is 2.50. The molecule has 152 valence electrons. The molecule has 2 N–H and O–H groups in total. The first-order chi connectivity index (χ1) is 12.4. The maximum Gasteiger partial charge on any atom is 0.192 e. The van der Waals surface area contributed by atoms with Gasteiger partial charge in [0, 0.05) is 17.1 Å². The number of aliphatic imine (C=N–C) groups is 1. The van der Waals surface area contributed by atoms with Crippen molar-refractivity contribution >= 4 is 52.5 Å². The Balaban J connectivity index is 1.81. The summed E-state index contributed by atoms with van der Waals surface area (Å²) in [5, 5.41) is 3.80. The number of ether oxygens (including phenoxy) is 1. The fraction of sp³-hybridized carbons (Fsp3) is 0.778. The summed E-state index contributed by atoms with van der Waals surface area (Å²) in [6.45, 7) is 14.7. The standard InChI is InChI=1S/C18H30BrN3O2S2Si/c1-16(2,3)27(5,6)24-10-17(4)7-12-8-26-15(20)22-18(12,11-23-17)14-21-13(19)9-25-14/h9,12H,7-8,10-11H2,1-6H3,(H2,20,22)/t12-,17+,18-/m0/s1. The number of halogens is 1. The Morgan fingerprint density at radius 3 is 2.74 bits per heavy atom.